The first-order valence-electron chi connectivity index (χ1n) is 5.36. The number of nitrogens with two attached hydrogens (primary N) is 1. The molecule has 0 saturated heterocycles. The second kappa shape index (κ2) is 5.53. The topological polar surface area (TPSA) is 49.5 Å². The van der Waals surface area contributed by atoms with Crippen molar-refractivity contribution < 1.29 is 5.11 Å². The number of rotatable bonds is 4. The SMILES string of the molecule is CC(O)CN(C)c1ccc([C@@H](C)N)cc1Cl. The van der Waals surface area contributed by atoms with Gasteiger partial charge in [-0.25, -0.2) is 0 Å². The summed E-state index contributed by atoms with van der Waals surface area (Å²) in [5, 5.41) is 9.98. The molecule has 0 saturated carbocycles. The highest BCUT2D eigenvalue weighted by molar-refractivity contribution is 6.33. The highest BCUT2D eigenvalue weighted by Gasteiger charge is 2.10. The lowest BCUT2D eigenvalue weighted by atomic mass is 10.1. The highest BCUT2D eigenvalue weighted by atomic mass is 35.5. The lowest BCUT2D eigenvalue weighted by Crippen LogP contribution is -2.27. The van der Waals surface area contributed by atoms with Crippen molar-refractivity contribution in [3.63, 3.8) is 0 Å². The first-order valence-corrected chi connectivity index (χ1v) is 5.74. The van der Waals surface area contributed by atoms with Crippen molar-refractivity contribution >= 4 is 17.3 Å². The van der Waals surface area contributed by atoms with Crippen LogP contribution in [0.2, 0.25) is 5.02 Å². The number of nitrogens with zero attached hydrogens (tertiary/aromatic N) is 1. The summed E-state index contributed by atoms with van der Waals surface area (Å²) in [7, 11) is 1.90. The van der Waals surface area contributed by atoms with Gasteiger partial charge in [-0.2, -0.15) is 0 Å². The Hall–Kier alpha value is -0.770. The molecular weight excluding hydrogens is 224 g/mol. The fourth-order valence-corrected chi connectivity index (χ4v) is 1.94. The number of likely N-dealkylation sites (N-methyl/N-ethyl adjacent to an activating group) is 1. The van der Waals surface area contributed by atoms with Crippen molar-refractivity contribution in [2.24, 2.45) is 5.73 Å². The third-order valence-corrected chi connectivity index (χ3v) is 2.75. The van der Waals surface area contributed by atoms with Gasteiger partial charge in [-0.05, 0) is 31.5 Å². The number of aliphatic hydroxyl groups excluding tert-OH is 1. The summed E-state index contributed by atoms with van der Waals surface area (Å²) in [5.74, 6) is 0. The minimum absolute atomic E-state index is 0.0198. The first kappa shape index (κ1) is 13.3. The van der Waals surface area contributed by atoms with Crippen LogP contribution in [0.1, 0.15) is 25.5 Å². The third-order valence-electron chi connectivity index (χ3n) is 2.45. The predicted octanol–water partition coefficient (Wildman–Crippen LogP) is 2.18. The smallest absolute Gasteiger partial charge is 0.0686 e. The molecular formula is C12H19ClN2O. The molecule has 0 aliphatic carbocycles. The Morgan fingerprint density at radius 3 is 2.50 bits per heavy atom. The second-order valence-corrected chi connectivity index (χ2v) is 4.64. The van der Waals surface area contributed by atoms with E-state index < -0.39 is 0 Å². The van der Waals surface area contributed by atoms with Gasteiger partial charge < -0.3 is 15.7 Å². The average molecular weight is 243 g/mol. The number of benzene rings is 1. The third kappa shape index (κ3) is 3.37. The molecule has 0 radical (unpaired) electrons. The summed E-state index contributed by atoms with van der Waals surface area (Å²) in [5.41, 5.74) is 7.70. The predicted molar refractivity (Wildman–Crippen MR) is 69.0 cm³/mol. The molecule has 0 aliphatic rings. The van der Waals surface area contributed by atoms with Gasteiger partial charge in [-0.3, -0.25) is 0 Å². The van der Waals surface area contributed by atoms with Gasteiger partial charge in [-0.1, -0.05) is 17.7 Å². The Bertz CT molecular complexity index is 353. The van der Waals surface area contributed by atoms with E-state index in [4.69, 9.17) is 17.3 Å². The lowest BCUT2D eigenvalue weighted by Gasteiger charge is -2.22. The molecule has 0 spiro atoms. The van der Waals surface area contributed by atoms with Gasteiger partial charge in [0.2, 0.25) is 0 Å². The molecule has 0 bridgehead atoms. The Morgan fingerprint density at radius 2 is 2.06 bits per heavy atom. The van der Waals surface area contributed by atoms with E-state index >= 15 is 0 Å². The molecule has 1 rings (SSSR count). The highest BCUT2D eigenvalue weighted by Crippen LogP contribution is 2.27. The number of halogens is 1. The first-order chi connectivity index (χ1) is 7.41. The van der Waals surface area contributed by atoms with Crippen LogP contribution in [0.5, 0.6) is 0 Å². The van der Waals surface area contributed by atoms with E-state index in [0.29, 0.717) is 11.6 Å². The summed E-state index contributed by atoms with van der Waals surface area (Å²) in [6.07, 6.45) is -0.380. The van der Waals surface area contributed by atoms with Gasteiger partial charge in [0.05, 0.1) is 16.8 Å². The normalized spacial score (nSPS) is 14.6. The van der Waals surface area contributed by atoms with Crippen LogP contribution < -0.4 is 10.6 Å². The quantitative estimate of drug-likeness (QED) is 0.851. The van der Waals surface area contributed by atoms with E-state index in [1.807, 2.05) is 37.1 Å². The Balaban J connectivity index is 2.90. The van der Waals surface area contributed by atoms with Gasteiger partial charge in [0.1, 0.15) is 0 Å². The van der Waals surface area contributed by atoms with Gasteiger partial charge in [-0.15, -0.1) is 0 Å². The molecule has 16 heavy (non-hydrogen) atoms. The van der Waals surface area contributed by atoms with Crippen molar-refractivity contribution in [3.05, 3.63) is 28.8 Å². The van der Waals surface area contributed by atoms with E-state index in [-0.39, 0.29) is 12.1 Å². The molecule has 0 fully saturated rings. The van der Waals surface area contributed by atoms with Gasteiger partial charge in [0.25, 0.3) is 0 Å². The lowest BCUT2D eigenvalue weighted by molar-refractivity contribution is 0.201. The standard InChI is InChI=1S/C12H19ClN2O/c1-8(16)7-15(3)12-5-4-10(9(2)14)6-11(12)13/h4-6,8-9,16H,7,14H2,1-3H3/t8?,9-/m1/s1. The minimum atomic E-state index is -0.380. The summed E-state index contributed by atoms with van der Waals surface area (Å²) < 4.78 is 0. The van der Waals surface area contributed by atoms with Crippen molar-refractivity contribution in [1.82, 2.24) is 0 Å². The average Bonchev–Trinajstić information content (AvgIpc) is 2.15. The molecule has 0 aliphatic heterocycles. The van der Waals surface area contributed by atoms with Crippen LogP contribution in [0.15, 0.2) is 18.2 Å². The molecule has 1 unspecified atom stereocenters. The van der Waals surface area contributed by atoms with Gasteiger partial charge in [0.15, 0.2) is 0 Å². The molecule has 2 atom stereocenters. The summed E-state index contributed by atoms with van der Waals surface area (Å²) in [6, 6.07) is 5.75. The maximum atomic E-state index is 9.31. The zero-order chi connectivity index (χ0) is 12.3. The summed E-state index contributed by atoms with van der Waals surface area (Å²) >= 11 is 6.17. The minimum Gasteiger partial charge on any atom is -0.392 e. The molecule has 0 amide bonds. The summed E-state index contributed by atoms with van der Waals surface area (Å²) in [4.78, 5) is 1.93. The Morgan fingerprint density at radius 1 is 1.44 bits per heavy atom. The monoisotopic (exact) mass is 242 g/mol. The largest absolute Gasteiger partial charge is 0.392 e. The van der Waals surface area contributed by atoms with E-state index in [1.54, 1.807) is 6.92 Å². The molecule has 3 N–H and O–H groups in total. The van der Waals surface area contributed by atoms with E-state index in [2.05, 4.69) is 0 Å². The van der Waals surface area contributed by atoms with Crippen LogP contribution >= 0.6 is 11.6 Å². The molecule has 3 nitrogen and oxygen atoms in total. The fourth-order valence-electron chi connectivity index (χ4n) is 1.61. The van der Waals surface area contributed by atoms with Crippen LogP contribution in [0, 0.1) is 0 Å². The maximum Gasteiger partial charge on any atom is 0.0686 e. The van der Waals surface area contributed by atoms with Crippen LogP contribution in [0.25, 0.3) is 0 Å². The maximum absolute atomic E-state index is 9.31. The number of hydrogen-bond donors (Lipinski definition) is 2. The molecule has 1 aromatic carbocycles. The van der Waals surface area contributed by atoms with E-state index in [1.165, 1.54) is 0 Å². The molecule has 4 heteroatoms. The van der Waals surface area contributed by atoms with Crippen LogP contribution in [-0.4, -0.2) is 24.8 Å². The number of hydrogen-bond acceptors (Lipinski definition) is 3. The molecule has 1 aromatic rings. The van der Waals surface area contributed by atoms with Gasteiger partial charge in [0, 0.05) is 19.6 Å². The van der Waals surface area contributed by atoms with Gasteiger partial charge >= 0.3 is 0 Å². The summed E-state index contributed by atoms with van der Waals surface area (Å²) in [6.45, 7) is 4.23. The molecule has 90 valence electrons. The Labute approximate surface area is 102 Å². The van der Waals surface area contributed by atoms with Crippen molar-refractivity contribution in [2.45, 2.75) is 26.0 Å². The molecule has 0 heterocycles. The van der Waals surface area contributed by atoms with Crippen molar-refractivity contribution in [2.75, 3.05) is 18.5 Å². The van der Waals surface area contributed by atoms with E-state index in [9.17, 15) is 5.11 Å². The number of anilines is 1. The number of aliphatic hydroxyl groups is 1. The fraction of sp³-hybridized carbons (Fsp3) is 0.500. The molecule has 0 aromatic heterocycles. The second-order valence-electron chi connectivity index (χ2n) is 4.23. The van der Waals surface area contributed by atoms with Crippen LogP contribution in [0.3, 0.4) is 0 Å². The van der Waals surface area contributed by atoms with Crippen molar-refractivity contribution in [1.29, 1.82) is 0 Å². The zero-order valence-electron chi connectivity index (χ0n) is 9.94. The Kier molecular flexibility index (Phi) is 4.59. The van der Waals surface area contributed by atoms with Crippen LogP contribution in [0.4, 0.5) is 5.69 Å². The van der Waals surface area contributed by atoms with Crippen LogP contribution in [-0.2, 0) is 0 Å². The zero-order valence-corrected chi connectivity index (χ0v) is 10.7. The van der Waals surface area contributed by atoms with E-state index in [0.717, 1.165) is 11.3 Å². The van der Waals surface area contributed by atoms with Crippen molar-refractivity contribution in [3.8, 4) is 0 Å².